The second kappa shape index (κ2) is 5.19. The Hall–Kier alpha value is -2.21. The zero-order chi connectivity index (χ0) is 13.1. The van der Waals surface area contributed by atoms with Crippen molar-refractivity contribution in [1.29, 1.82) is 0 Å². The lowest BCUT2D eigenvalue weighted by molar-refractivity contribution is 0.101. The van der Waals surface area contributed by atoms with E-state index in [0.29, 0.717) is 11.6 Å². The van der Waals surface area contributed by atoms with Crippen molar-refractivity contribution in [3.05, 3.63) is 42.0 Å². The van der Waals surface area contributed by atoms with Gasteiger partial charge in [-0.3, -0.25) is 4.79 Å². The summed E-state index contributed by atoms with van der Waals surface area (Å²) in [6.45, 7) is 0.943. The molecule has 1 aliphatic heterocycles. The number of para-hydroxylation sites is 1. The molecule has 1 unspecified atom stereocenters. The van der Waals surface area contributed by atoms with Crippen molar-refractivity contribution in [3.8, 4) is 0 Å². The van der Waals surface area contributed by atoms with Crippen molar-refractivity contribution in [2.24, 2.45) is 0 Å². The maximum atomic E-state index is 11.9. The number of carbonyl (C=O) groups excluding carboxylic acids is 1. The second-order valence-electron chi connectivity index (χ2n) is 4.43. The van der Waals surface area contributed by atoms with Crippen LogP contribution < -0.4 is 10.6 Å². The molecule has 1 saturated heterocycles. The average Bonchev–Trinajstić information content (AvgIpc) is 3.11. The quantitative estimate of drug-likeness (QED) is 0.876. The molecule has 6 heteroatoms. The Balaban J connectivity index is 1.70. The number of benzene rings is 1. The zero-order valence-electron chi connectivity index (χ0n) is 10.3. The largest absolute Gasteiger partial charge is 0.337 e. The Kier molecular flexibility index (Phi) is 3.24. The Labute approximate surface area is 110 Å². The number of anilines is 1. The molecule has 0 saturated carbocycles. The van der Waals surface area contributed by atoms with Crippen LogP contribution in [0.1, 0.15) is 35.4 Å². The number of nitrogens with zero attached hydrogens (tertiary/aromatic N) is 2. The van der Waals surface area contributed by atoms with E-state index in [9.17, 15) is 4.79 Å². The first-order chi connectivity index (χ1) is 9.33. The van der Waals surface area contributed by atoms with Crippen LogP contribution in [0.4, 0.5) is 5.69 Å². The molecule has 2 aromatic rings. The van der Waals surface area contributed by atoms with Gasteiger partial charge in [-0.05, 0) is 31.5 Å². The van der Waals surface area contributed by atoms with Crippen LogP contribution in [-0.2, 0) is 0 Å². The van der Waals surface area contributed by atoms with E-state index < -0.39 is 0 Å². The van der Waals surface area contributed by atoms with Gasteiger partial charge in [0.25, 0.3) is 11.7 Å². The minimum absolute atomic E-state index is 0.0625. The molecular weight excluding hydrogens is 244 g/mol. The molecule has 0 bridgehead atoms. The molecule has 0 spiro atoms. The van der Waals surface area contributed by atoms with Crippen LogP contribution >= 0.6 is 0 Å². The molecule has 1 amide bonds. The average molecular weight is 258 g/mol. The van der Waals surface area contributed by atoms with Crippen LogP contribution in [0.3, 0.4) is 0 Å². The standard InChI is InChI=1S/C13H14N4O2/c18-12(15-9-5-2-1-3-6-9)11-16-13(19-17-11)10-7-4-8-14-10/h1-3,5-6,10,14H,4,7-8H2,(H,15,18). The highest BCUT2D eigenvalue weighted by Gasteiger charge is 2.24. The van der Waals surface area contributed by atoms with Gasteiger partial charge in [0.2, 0.25) is 5.89 Å². The number of rotatable bonds is 3. The molecular formula is C13H14N4O2. The van der Waals surface area contributed by atoms with Crippen molar-refractivity contribution in [1.82, 2.24) is 15.5 Å². The summed E-state index contributed by atoms with van der Waals surface area (Å²) in [5.41, 5.74) is 0.706. The Morgan fingerprint density at radius 1 is 1.37 bits per heavy atom. The summed E-state index contributed by atoms with van der Waals surface area (Å²) in [5, 5.41) is 9.68. The van der Waals surface area contributed by atoms with E-state index in [4.69, 9.17) is 4.52 Å². The Morgan fingerprint density at radius 3 is 2.95 bits per heavy atom. The molecule has 0 radical (unpaired) electrons. The summed E-state index contributed by atoms with van der Waals surface area (Å²) in [6, 6.07) is 9.26. The smallest absolute Gasteiger partial charge is 0.297 e. The molecule has 1 aromatic heterocycles. The zero-order valence-corrected chi connectivity index (χ0v) is 10.3. The van der Waals surface area contributed by atoms with Gasteiger partial charge in [-0.15, -0.1) is 0 Å². The van der Waals surface area contributed by atoms with Gasteiger partial charge in [0.1, 0.15) is 0 Å². The van der Waals surface area contributed by atoms with Gasteiger partial charge in [0.05, 0.1) is 6.04 Å². The highest BCUT2D eigenvalue weighted by Crippen LogP contribution is 2.21. The highest BCUT2D eigenvalue weighted by molar-refractivity contribution is 6.01. The van der Waals surface area contributed by atoms with E-state index in [1.165, 1.54) is 0 Å². The third-order valence-corrected chi connectivity index (χ3v) is 3.03. The van der Waals surface area contributed by atoms with Crippen LogP contribution in [0.25, 0.3) is 0 Å². The minimum atomic E-state index is -0.362. The lowest BCUT2D eigenvalue weighted by Gasteiger charge is -2.02. The summed E-state index contributed by atoms with van der Waals surface area (Å²) < 4.78 is 5.12. The first-order valence-corrected chi connectivity index (χ1v) is 6.26. The van der Waals surface area contributed by atoms with Crippen LogP contribution in [0, 0.1) is 0 Å². The normalized spacial score (nSPS) is 18.4. The van der Waals surface area contributed by atoms with Crippen molar-refractivity contribution < 1.29 is 9.32 Å². The maximum Gasteiger partial charge on any atom is 0.297 e. The number of hydrogen-bond acceptors (Lipinski definition) is 5. The fourth-order valence-electron chi connectivity index (χ4n) is 2.07. The predicted octanol–water partition coefficient (Wildman–Crippen LogP) is 1.75. The molecule has 1 aromatic carbocycles. The summed E-state index contributed by atoms with van der Waals surface area (Å²) in [7, 11) is 0. The van der Waals surface area contributed by atoms with E-state index in [2.05, 4.69) is 20.8 Å². The van der Waals surface area contributed by atoms with Gasteiger partial charge in [0.15, 0.2) is 0 Å². The molecule has 0 aliphatic carbocycles. The summed E-state index contributed by atoms with van der Waals surface area (Å²) in [5.74, 6) is 0.183. The van der Waals surface area contributed by atoms with E-state index in [-0.39, 0.29) is 17.8 Å². The van der Waals surface area contributed by atoms with Gasteiger partial charge in [-0.2, -0.15) is 4.98 Å². The van der Waals surface area contributed by atoms with E-state index in [0.717, 1.165) is 19.4 Å². The lowest BCUT2D eigenvalue weighted by atomic mass is 10.2. The number of aromatic nitrogens is 2. The summed E-state index contributed by atoms with van der Waals surface area (Å²) >= 11 is 0. The number of hydrogen-bond donors (Lipinski definition) is 2. The first-order valence-electron chi connectivity index (χ1n) is 6.26. The molecule has 1 aliphatic rings. The fraction of sp³-hybridized carbons (Fsp3) is 0.308. The summed E-state index contributed by atoms with van der Waals surface area (Å²) in [6.07, 6.45) is 2.04. The molecule has 1 atom stereocenters. The van der Waals surface area contributed by atoms with Gasteiger partial charge in [-0.25, -0.2) is 0 Å². The van der Waals surface area contributed by atoms with Crippen molar-refractivity contribution in [3.63, 3.8) is 0 Å². The number of amides is 1. The minimum Gasteiger partial charge on any atom is -0.337 e. The first kappa shape index (κ1) is 11.9. The summed E-state index contributed by atoms with van der Waals surface area (Å²) in [4.78, 5) is 16.1. The topological polar surface area (TPSA) is 80.0 Å². The predicted molar refractivity (Wildman–Crippen MR) is 68.7 cm³/mol. The van der Waals surface area contributed by atoms with E-state index in [1.54, 1.807) is 12.1 Å². The Bertz CT molecular complexity index is 561. The SMILES string of the molecule is O=C(Nc1ccccc1)c1noc(C2CCCN2)n1. The molecule has 2 heterocycles. The van der Waals surface area contributed by atoms with Crippen LogP contribution in [-0.4, -0.2) is 22.6 Å². The third-order valence-electron chi connectivity index (χ3n) is 3.03. The van der Waals surface area contributed by atoms with E-state index in [1.807, 2.05) is 18.2 Å². The number of nitrogens with one attached hydrogen (secondary N) is 2. The monoisotopic (exact) mass is 258 g/mol. The number of carbonyl (C=O) groups is 1. The molecule has 3 rings (SSSR count). The third kappa shape index (κ3) is 2.63. The van der Waals surface area contributed by atoms with Crippen LogP contribution in [0.15, 0.2) is 34.9 Å². The molecule has 6 nitrogen and oxygen atoms in total. The fourth-order valence-corrected chi connectivity index (χ4v) is 2.07. The second-order valence-corrected chi connectivity index (χ2v) is 4.43. The maximum absolute atomic E-state index is 11.9. The van der Waals surface area contributed by atoms with Crippen molar-refractivity contribution in [2.45, 2.75) is 18.9 Å². The lowest BCUT2D eigenvalue weighted by Crippen LogP contribution is -2.15. The highest BCUT2D eigenvalue weighted by atomic mass is 16.5. The Morgan fingerprint density at radius 2 is 2.21 bits per heavy atom. The van der Waals surface area contributed by atoms with Crippen molar-refractivity contribution >= 4 is 11.6 Å². The van der Waals surface area contributed by atoms with Gasteiger partial charge < -0.3 is 15.2 Å². The molecule has 19 heavy (non-hydrogen) atoms. The van der Waals surface area contributed by atoms with E-state index >= 15 is 0 Å². The molecule has 2 N–H and O–H groups in total. The van der Waals surface area contributed by atoms with Crippen LogP contribution in [0.2, 0.25) is 0 Å². The van der Waals surface area contributed by atoms with Gasteiger partial charge in [0, 0.05) is 5.69 Å². The van der Waals surface area contributed by atoms with Crippen molar-refractivity contribution in [2.75, 3.05) is 11.9 Å². The van der Waals surface area contributed by atoms with Crippen LogP contribution in [0.5, 0.6) is 0 Å². The van der Waals surface area contributed by atoms with Gasteiger partial charge >= 0.3 is 0 Å². The van der Waals surface area contributed by atoms with Gasteiger partial charge in [-0.1, -0.05) is 23.4 Å². The molecule has 98 valence electrons. The molecule has 1 fully saturated rings.